The number of hydrazine groups is 1. The first-order valence-electron chi connectivity index (χ1n) is 4.92. The summed E-state index contributed by atoms with van der Waals surface area (Å²) >= 11 is 3.39. The molecule has 0 aliphatic carbocycles. The summed E-state index contributed by atoms with van der Waals surface area (Å²) in [5, 5.41) is 0. The van der Waals surface area contributed by atoms with Gasteiger partial charge in [-0.3, -0.25) is 5.43 Å². The zero-order valence-electron chi connectivity index (χ0n) is 9.14. The van der Waals surface area contributed by atoms with Crippen molar-refractivity contribution in [3.8, 4) is 11.6 Å². The van der Waals surface area contributed by atoms with Crippen molar-refractivity contribution in [2.45, 2.75) is 6.92 Å². The first kappa shape index (κ1) is 11.8. The third-order valence-electron chi connectivity index (χ3n) is 2.12. The van der Waals surface area contributed by atoms with Crippen LogP contribution in [-0.4, -0.2) is 9.97 Å². The molecule has 3 N–H and O–H groups in total. The number of hydrogen-bond acceptors (Lipinski definition) is 5. The maximum absolute atomic E-state index is 5.66. The number of benzene rings is 1. The normalized spacial score (nSPS) is 10.1. The smallest absolute Gasteiger partial charge is 0.240 e. The van der Waals surface area contributed by atoms with E-state index in [0.29, 0.717) is 11.8 Å². The monoisotopic (exact) mass is 294 g/mol. The van der Waals surface area contributed by atoms with E-state index in [-0.39, 0.29) is 0 Å². The minimum atomic E-state index is 0.315. The Hall–Kier alpha value is -1.66. The molecule has 2 aromatic rings. The number of nitrogen functional groups attached to an aromatic ring is 1. The first-order chi connectivity index (χ1) is 8.19. The molecule has 0 atom stereocenters. The van der Waals surface area contributed by atoms with Gasteiger partial charge in [0.05, 0.1) is 0 Å². The number of rotatable bonds is 3. The first-order valence-corrected chi connectivity index (χ1v) is 5.72. The lowest BCUT2D eigenvalue weighted by molar-refractivity contribution is 0.458. The van der Waals surface area contributed by atoms with E-state index in [9.17, 15) is 0 Å². The average Bonchev–Trinajstić information content (AvgIpc) is 2.34. The van der Waals surface area contributed by atoms with E-state index in [1.54, 1.807) is 12.3 Å². The molecule has 2 rings (SSSR count). The molecule has 0 amide bonds. The number of nitrogens with zero attached hydrogens (tertiary/aromatic N) is 2. The Kier molecular flexibility index (Phi) is 3.55. The lowest BCUT2D eigenvalue weighted by Gasteiger charge is -2.08. The van der Waals surface area contributed by atoms with Crippen LogP contribution in [0.4, 0.5) is 5.95 Å². The second-order valence-corrected chi connectivity index (χ2v) is 4.29. The Labute approximate surface area is 107 Å². The third kappa shape index (κ3) is 2.92. The summed E-state index contributed by atoms with van der Waals surface area (Å²) in [6, 6.07) is 7.46. The largest absolute Gasteiger partial charge is 0.439 e. The molecule has 1 aromatic carbocycles. The van der Waals surface area contributed by atoms with E-state index >= 15 is 0 Å². The highest BCUT2D eigenvalue weighted by Crippen LogP contribution is 2.27. The van der Waals surface area contributed by atoms with E-state index in [0.717, 1.165) is 15.8 Å². The molecule has 0 fully saturated rings. The number of aromatic nitrogens is 2. The molecule has 5 nitrogen and oxygen atoms in total. The van der Waals surface area contributed by atoms with Crippen LogP contribution in [0.3, 0.4) is 0 Å². The minimum absolute atomic E-state index is 0.315. The van der Waals surface area contributed by atoms with Crippen molar-refractivity contribution in [2.75, 3.05) is 5.43 Å². The summed E-state index contributed by atoms with van der Waals surface area (Å²) in [4.78, 5) is 7.98. The number of nitrogens with one attached hydrogen (secondary N) is 1. The second kappa shape index (κ2) is 5.11. The van der Waals surface area contributed by atoms with Gasteiger partial charge in [-0.25, -0.2) is 10.8 Å². The number of aryl methyl sites for hydroxylation is 1. The lowest BCUT2D eigenvalue weighted by Crippen LogP contribution is -2.10. The van der Waals surface area contributed by atoms with Crippen LogP contribution in [0.1, 0.15) is 5.56 Å². The van der Waals surface area contributed by atoms with Gasteiger partial charge in [0.25, 0.3) is 0 Å². The topological polar surface area (TPSA) is 73.1 Å². The van der Waals surface area contributed by atoms with Gasteiger partial charge in [0, 0.05) is 16.7 Å². The Morgan fingerprint density at radius 2 is 2.18 bits per heavy atom. The van der Waals surface area contributed by atoms with Crippen molar-refractivity contribution >= 4 is 21.9 Å². The van der Waals surface area contributed by atoms with Crippen LogP contribution in [0.2, 0.25) is 0 Å². The zero-order chi connectivity index (χ0) is 12.3. The van der Waals surface area contributed by atoms with Crippen LogP contribution < -0.4 is 16.0 Å². The van der Waals surface area contributed by atoms with E-state index in [4.69, 9.17) is 10.6 Å². The van der Waals surface area contributed by atoms with E-state index < -0.39 is 0 Å². The quantitative estimate of drug-likeness (QED) is 0.672. The lowest BCUT2D eigenvalue weighted by atomic mass is 10.2. The minimum Gasteiger partial charge on any atom is -0.439 e. The van der Waals surface area contributed by atoms with Gasteiger partial charge < -0.3 is 4.74 Å². The van der Waals surface area contributed by atoms with Gasteiger partial charge in [-0.15, -0.1) is 0 Å². The molecule has 88 valence electrons. The molecule has 0 aliphatic heterocycles. The van der Waals surface area contributed by atoms with Crippen molar-refractivity contribution in [3.63, 3.8) is 0 Å². The molecule has 1 heterocycles. The van der Waals surface area contributed by atoms with Crippen molar-refractivity contribution in [3.05, 3.63) is 40.5 Å². The molecular formula is C11H11BrN4O. The second-order valence-electron chi connectivity index (χ2n) is 3.37. The molecule has 0 spiro atoms. The zero-order valence-corrected chi connectivity index (χ0v) is 10.7. The van der Waals surface area contributed by atoms with Gasteiger partial charge >= 0.3 is 0 Å². The summed E-state index contributed by atoms with van der Waals surface area (Å²) in [5.41, 5.74) is 3.39. The summed E-state index contributed by atoms with van der Waals surface area (Å²) in [6.45, 7) is 1.96. The Morgan fingerprint density at radius 1 is 1.35 bits per heavy atom. The van der Waals surface area contributed by atoms with Gasteiger partial charge in [0.15, 0.2) is 0 Å². The molecule has 0 saturated heterocycles. The summed E-state index contributed by atoms with van der Waals surface area (Å²) in [7, 11) is 0. The molecule has 6 heteroatoms. The van der Waals surface area contributed by atoms with Gasteiger partial charge in [-0.1, -0.05) is 22.0 Å². The van der Waals surface area contributed by atoms with Crippen molar-refractivity contribution < 1.29 is 4.74 Å². The highest BCUT2D eigenvalue weighted by atomic mass is 79.9. The highest BCUT2D eigenvalue weighted by Gasteiger charge is 2.04. The summed E-state index contributed by atoms with van der Waals surface area (Å²) in [6.07, 6.45) is 1.57. The fraction of sp³-hybridized carbons (Fsp3) is 0.0909. The maximum atomic E-state index is 5.66. The van der Waals surface area contributed by atoms with Crippen molar-refractivity contribution in [1.29, 1.82) is 0 Å². The van der Waals surface area contributed by atoms with Crippen LogP contribution in [0.25, 0.3) is 0 Å². The predicted octanol–water partition coefficient (Wildman–Crippen LogP) is 2.63. The fourth-order valence-corrected chi connectivity index (χ4v) is 1.61. The number of anilines is 1. The summed E-state index contributed by atoms with van der Waals surface area (Å²) in [5.74, 6) is 6.72. The van der Waals surface area contributed by atoms with Gasteiger partial charge in [0.2, 0.25) is 11.8 Å². The van der Waals surface area contributed by atoms with Crippen LogP contribution in [0, 0.1) is 6.92 Å². The third-order valence-corrected chi connectivity index (χ3v) is 2.62. The molecule has 1 aromatic heterocycles. The fourth-order valence-electron chi connectivity index (χ4n) is 1.27. The van der Waals surface area contributed by atoms with E-state index in [1.807, 2.05) is 25.1 Å². The van der Waals surface area contributed by atoms with Gasteiger partial charge in [0.1, 0.15) is 5.75 Å². The van der Waals surface area contributed by atoms with Crippen LogP contribution in [-0.2, 0) is 0 Å². The van der Waals surface area contributed by atoms with Crippen LogP contribution in [0.15, 0.2) is 34.9 Å². The molecule has 0 radical (unpaired) electrons. The van der Waals surface area contributed by atoms with Crippen molar-refractivity contribution in [1.82, 2.24) is 9.97 Å². The molecule has 17 heavy (non-hydrogen) atoms. The summed E-state index contributed by atoms with van der Waals surface area (Å²) < 4.78 is 6.60. The molecule has 0 aliphatic rings. The maximum Gasteiger partial charge on any atom is 0.240 e. The van der Waals surface area contributed by atoms with Gasteiger partial charge in [-0.05, 0) is 24.6 Å². The van der Waals surface area contributed by atoms with Crippen molar-refractivity contribution in [2.24, 2.45) is 5.84 Å². The van der Waals surface area contributed by atoms with Crippen LogP contribution >= 0.6 is 15.9 Å². The molecule has 0 saturated carbocycles. The standard InChI is InChI=1S/C11H11BrN4O/c1-7-2-3-8(12)6-9(7)17-10-4-5-14-11(15-10)16-13/h2-6H,13H2,1H3,(H,14,15,16). The van der Waals surface area contributed by atoms with E-state index in [2.05, 4.69) is 31.3 Å². The molecule has 0 unspecified atom stereocenters. The number of hydrogen-bond donors (Lipinski definition) is 2. The van der Waals surface area contributed by atoms with Crippen LogP contribution in [0.5, 0.6) is 11.6 Å². The number of ether oxygens (including phenoxy) is 1. The Balaban J connectivity index is 2.27. The van der Waals surface area contributed by atoms with Gasteiger partial charge in [-0.2, -0.15) is 4.98 Å². The SMILES string of the molecule is Cc1ccc(Br)cc1Oc1ccnc(NN)n1. The highest BCUT2D eigenvalue weighted by molar-refractivity contribution is 9.10. The Morgan fingerprint density at radius 3 is 2.94 bits per heavy atom. The number of nitrogens with two attached hydrogens (primary N) is 1. The molecule has 0 bridgehead atoms. The average molecular weight is 295 g/mol. The Bertz CT molecular complexity index is 533. The molecular weight excluding hydrogens is 284 g/mol. The number of halogens is 1. The van der Waals surface area contributed by atoms with E-state index in [1.165, 1.54) is 0 Å². The predicted molar refractivity (Wildman–Crippen MR) is 68.8 cm³/mol.